The van der Waals surface area contributed by atoms with E-state index in [2.05, 4.69) is 6.07 Å². The summed E-state index contributed by atoms with van der Waals surface area (Å²) in [5.74, 6) is 0.949. The van der Waals surface area contributed by atoms with Crippen molar-refractivity contribution in [2.24, 2.45) is 5.73 Å². The normalized spacial score (nSPS) is 15.1. The van der Waals surface area contributed by atoms with Crippen molar-refractivity contribution in [1.82, 2.24) is 0 Å². The lowest BCUT2D eigenvalue weighted by atomic mass is 9.87. The van der Waals surface area contributed by atoms with E-state index in [-0.39, 0.29) is 23.0 Å². The summed E-state index contributed by atoms with van der Waals surface area (Å²) in [5, 5.41) is 10.5. The molecule has 1 aliphatic rings. The lowest BCUT2D eigenvalue weighted by Crippen LogP contribution is -2.21. The van der Waals surface area contributed by atoms with E-state index in [9.17, 15) is 10.1 Å². The Morgan fingerprint density at radius 1 is 1.03 bits per heavy atom. The van der Waals surface area contributed by atoms with E-state index < -0.39 is 11.9 Å². The predicted octanol–water partition coefficient (Wildman–Crippen LogP) is 5.70. The van der Waals surface area contributed by atoms with Gasteiger partial charge in [0.1, 0.15) is 40.2 Å². The van der Waals surface area contributed by atoms with Crippen molar-refractivity contribution in [2.45, 2.75) is 33.6 Å². The van der Waals surface area contributed by atoms with Gasteiger partial charge >= 0.3 is 5.97 Å². The summed E-state index contributed by atoms with van der Waals surface area (Å²) in [4.78, 5) is 13.0. The largest absolute Gasteiger partial charge is 0.465 e. The third-order valence-electron chi connectivity index (χ3n) is 6.26. The third-order valence-corrected chi connectivity index (χ3v) is 6.26. The number of fused-ring (bicyclic) bond motifs is 2. The molecule has 2 aromatic carbocycles. The van der Waals surface area contributed by atoms with Crippen LogP contribution in [0.3, 0.4) is 0 Å². The van der Waals surface area contributed by atoms with Gasteiger partial charge in [0.15, 0.2) is 0 Å². The molecule has 0 spiro atoms. The summed E-state index contributed by atoms with van der Waals surface area (Å²) in [6.45, 7) is 7.61. The number of carbonyl (C=O) groups is 1. The van der Waals surface area contributed by atoms with Gasteiger partial charge in [0.05, 0.1) is 5.92 Å². The van der Waals surface area contributed by atoms with E-state index in [1.807, 2.05) is 52.0 Å². The van der Waals surface area contributed by atoms with Crippen molar-refractivity contribution in [3.8, 4) is 17.6 Å². The molecule has 1 unspecified atom stereocenters. The number of ether oxygens (including phenoxy) is 2. The number of benzene rings is 2. The molecular formula is C27H22N2O5. The zero-order chi connectivity index (χ0) is 24.1. The van der Waals surface area contributed by atoms with E-state index in [4.69, 9.17) is 24.0 Å². The number of nitrogens with zero attached hydrogens (tertiary/aromatic N) is 1. The van der Waals surface area contributed by atoms with Crippen molar-refractivity contribution < 1.29 is 23.1 Å². The summed E-state index contributed by atoms with van der Waals surface area (Å²) in [6, 6.07) is 14.7. The van der Waals surface area contributed by atoms with Crippen LogP contribution in [0.2, 0.25) is 0 Å². The Kier molecular flexibility index (Phi) is 4.94. The van der Waals surface area contributed by atoms with Crippen LogP contribution in [0, 0.1) is 39.0 Å². The summed E-state index contributed by atoms with van der Waals surface area (Å²) < 4.78 is 23.0. The minimum absolute atomic E-state index is 0.0171. The molecule has 7 nitrogen and oxygen atoms in total. The number of allylic oxidation sites excluding steroid dienone is 1. The van der Waals surface area contributed by atoms with Crippen LogP contribution < -0.4 is 15.2 Å². The topological polar surface area (TPSA) is 112 Å². The maximum Gasteiger partial charge on any atom is 0.379 e. The SMILES string of the molecule is Cc1ccc(C2C(C#N)=C(N)Oc3cc(OC(=O)c4oc5c(C)c(C)ccc5c4C)ccc32)o1. The van der Waals surface area contributed by atoms with E-state index >= 15 is 0 Å². The molecule has 0 amide bonds. The first-order valence-corrected chi connectivity index (χ1v) is 10.8. The van der Waals surface area contributed by atoms with Gasteiger partial charge in [-0.05, 0) is 57.0 Å². The van der Waals surface area contributed by atoms with E-state index in [0.29, 0.717) is 22.7 Å². The maximum absolute atomic E-state index is 13.0. The molecular weight excluding hydrogens is 432 g/mol. The molecule has 0 radical (unpaired) electrons. The molecule has 2 aromatic heterocycles. The Hall–Kier alpha value is -4.44. The Morgan fingerprint density at radius 2 is 1.82 bits per heavy atom. The number of rotatable bonds is 3. The van der Waals surface area contributed by atoms with Crippen molar-refractivity contribution in [1.29, 1.82) is 5.26 Å². The van der Waals surface area contributed by atoms with Crippen molar-refractivity contribution in [3.05, 3.63) is 93.5 Å². The third kappa shape index (κ3) is 3.32. The van der Waals surface area contributed by atoms with Crippen LogP contribution in [0.1, 0.15) is 50.2 Å². The van der Waals surface area contributed by atoms with Gasteiger partial charge in [0.2, 0.25) is 11.6 Å². The Balaban J connectivity index is 1.49. The lowest BCUT2D eigenvalue weighted by molar-refractivity contribution is 0.0702. The van der Waals surface area contributed by atoms with Gasteiger partial charge in [-0.2, -0.15) is 5.26 Å². The van der Waals surface area contributed by atoms with Crippen LogP contribution in [0.25, 0.3) is 11.0 Å². The molecule has 2 N–H and O–H groups in total. The molecule has 5 rings (SSSR count). The molecule has 0 bridgehead atoms. The molecule has 3 heterocycles. The molecule has 170 valence electrons. The Morgan fingerprint density at radius 3 is 2.53 bits per heavy atom. The quantitative estimate of drug-likeness (QED) is 0.312. The highest BCUT2D eigenvalue weighted by atomic mass is 16.5. The number of nitriles is 1. The summed E-state index contributed by atoms with van der Waals surface area (Å²) in [5.41, 5.74) is 10.4. The number of aryl methyl sites for hydroxylation is 4. The maximum atomic E-state index is 13.0. The molecule has 34 heavy (non-hydrogen) atoms. The Bertz CT molecular complexity index is 1550. The molecule has 0 saturated carbocycles. The number of carbonyl (C=O) groups excluding carboxylic acids is 1. The molecule has 1 aliphatic heterocycles. The zero-order valence-electron chi connectivity index (χ0n) is 19.2. The van der Waals surface area contributed by atoms with Crippen LogP contribution >= 0.6 is 0 Å². The van der Waals surface area contributed by atoms with Crippen LogP contribution in [0.5, 0.6) is 11.5 Å². The van der Waals surface area contributed by atoms with Gasteiger partial charge in [-0.3, -0.25) is 0 Å². The average Bonchev–Trinajstić information content (AvgIpc) is 3.38. The standard InChI is InChI=1S/C27H22N2O5/c1-13-5-8-18-16(4)25(34-24(18)15(13)3)27(30)32-17-7-9-19-22(11-17)33-26(29)20(12-28)23(19)21-10-6-14(2)31-21/h5-11,23H,29H2,1-4H3. The molecule has 0 fully saturated rings. The zero-order valence-corrected chi connectivity index (χ0v) is 19.2. The smallest absolute Gasteiger partial charge is 0.379 e. The van der Waals surface area contributed by atoms with E-state index in [1.165, 1.54) is 0 Å². The van der Waals surface area contributed by atoms with Gasteiger partial charge in [-0.1, -0.05) is 18.2 Å². The van der Waals surface area contributed by atoms with Gasteiger partial charge in [-0.15, -0.1) is 0 Å². The fourth-order valence-corrected chi connectivity index (χ4v) is 4.27. The van der Waals surface area contributed by atoms with Crippen LogP contribution in [0.15, 0.2) is 62.8 Å². The highest BCUT2D eigenvalue weighted by Gasteiger charge is 2.33. The van der Waals surface area contributed by atoms with Gasteiger partial charge in [0.25, 0.3) is 0 Å². The number of hydrogen-bond acceptors (Lipinski definition) is 7. The highest BCUT2D eigenvalue weighted by molar-refractivity contribution is 5.97. The second-order valence-electron chi connectivity index (χ2n) is 8.40. The van der Waals surface area contributed by atoms with E-state index in [0.717, 1.165) is 27.8 Å². The van der Waals surface area contributed by atoms with Crippen LogP contribution in [-0.2, 0) is 0 Å². The summed E-state index contributed by atoms with van der Waals surface area (Å²) >= 11 is 0. The fourth-order valence-electron chi connectivity index (χ4n) is 4.27. The minimum atomic E-state index is -0.610. The summed E-state index contributed by atoms with van der Waals surface area (Å²) in [6.07, 6.45) is 0. The van der Waals surface area contributed by atoms with Gasteiger partial charge in [0, 0.05) is 22.6 Å². The minimum Gasteiger partial charge on any atom is -0.465 e. The van der Waals surface area contributed by atoms with Crippen molar-refractivity contribution in [2.75, 3.05) is 0 Å². The first kappa shape index (κ1) is 21.4. The lowest BCUT2D eigenvalue weighted by Gasteiger charge is -2.25. The highest BCUT2D eigenvalue weighted by Crippen LogP contribution is 2.44. The van der Waals surface area contributed by atoms with E-state index in [1.54, 1.807) is 18.2 Å². The number of nitrogens with two attached hydrogens (primary N) is 1. The van der Waals surface area contributed by atoms with Gasteiger partial charge in [-0.25, -0.2) is 4.79 Å². The molecule has 4 aromatic rings. The first-order chi connectivity index (χ1) is 16.3. The number of hydrogen-bond donors (Lipinski definition) is 1. The van der Waals surface area contributed by atoms with Crippen molar-refractivity contribution >= 4 is 16.9 Å². The predicted molar refractivity (Wildman–Crippen MR) is 125 cm³/mol. The average molecular weight is 454 g/mol. The summed E-state index contributed by atoms with van der Waals surface area (Å²) in [7, 11) is 0. The molecule has 0 aliphatic carbocycles. The Labute approximate surface area is 196 Å². The number of furan rings is 2. The first-order valence-electron chi connectivity index (χ1n) is 10.8. The molecule has 1 atom stereocenters. The second-order valence-corrected chi connectivity index (χ2v) is 8.40. The van der Waals surface area contributed by atoms with Gasteiger partial charge < -0.3 is 24.0 Å². The fraction of sp³-hybridized carbons (Fsp3) is 0.185. The van der Waals surface area contributed by atoms with Crippen LogP contribution in [0.4, 0.5) is 0 Å². The van der Waals surface area contributed by atoms with Crippen LogP contribution in [-0.4, -0.2) is 5.97 Å². The second kappa shape index (κ2) is 7.85. The molecule has 7 heteroatoms. The number of esters is 1. The molecule has 0 saturated heterocycles. The monoisotopic (exact) mass is 454 g/mol. The van der Waals surface area contributed by atoms with Crippen molar-refractivity contribution in [3.63, 3.8) is 0 Å².